The van der Waals surface area contributed by atoms with E-state index in [0.717, 1.165) is 35.5 Å². The molecule has 12 rings (SSSR count). The van der Waals surface area contributed by atoms with Crippen LogP contribution in [0.25, 0.3) is 22.1 Å². The number of carboxylic acid groups (broad SMARTS) is 1. The first-order valence-electron chi connectivity index (χ1n) is 29.2. The molecule has 91 heavy (non-hydrogen) atoms. The zero-order valence-electron chi connectivity index (χ0n) is 50.2. The van der Waals surface area contributed by atoms with Crippen LogP contribution in [0.4, 0.5) is 23.5 Å². The van der Waals surface area contributed by atoms with Crippen molar-refractivity contribution in [1.29, 1.82) is 0 Å². The van der Waals surface area contributed by atoms with Gasteiger partial charge in [-0.15, -0.1) is 0 Å². The van der Waals surface area contributed by atoms with Crippen LogP contribution < -0.4 is 51.8 Å². The summed E-state index contributed by atoms with van der Waals surface area (Å²) in [4.78, 5) is 95.5. The first kappa shape index (κ1) is 62.4. The number of likely N-dealkylation sites (tertiary alicyclic amines) is 2. The number of anilines is 4. The van der Waals surface area contributed by atoms with E-state index in [4.69, 9.17) is 34.9 Å². The number of carbonyl (C=O) groups is 4. The Morgan fingerprint density at radius 1 is 0.560 bits per heavy atom. The molecule has 2 atom stereocenters. The lowest BCUT2D eigenvalue weighted by Gasteiger charge is -2.16. The van der Waals surface area contributed by atoms with Gasteiger partial charge in [0.1, 0.15) is 45.3 Å². The van der Waals surface area contributed by atoms with Crippen LogP contribution in [0.1, 0.15) is 71.4 Å². The smallest absolute Gasteiger partial charge is 0.335 e. The van der Waals surface area contributed by atoms with Gasteiger partial charge < -0.3 is 50.2 Å². The van der Waals surface area contributed by atoms with E-state index in [2.05, 4.69) is 45.9 Å². The van der Waals surface area contributed by atoms with Gasteiger partial charge in [-0.3, -0.25) is 39.3 Å². The first-order chi connectivity index (χ1) is 44.1. The van der Waals surface area contributed by atoms with Crippen molar-refractivity contribution in [3.63, 3.8) is 0 Å². The minimum absolute atomic E-state index is 0.0212. The number of methoxy groups -OCH3 is 2. The average Bonchev–Trinajstić information content (AvgIpc) is 1.67. The molecule has 0 unspecified atom stereocenters. The molecule has 4 aromatic carbocycles. The number of hydrogen-bond acceptors (Lipinski definition) is 19. The average molecular weight is 1240 g/mol. The van der Waals surface area contributed by atoms with Crippen molar-refractivity contribution in [2.45, 2.75) is 64.7 Å². The number of ether oxygens (including phenoxy) is 4. The van der Waals surface area contributed by atoms with Gasteiger partial charge >= 0.3 is 5.97 Å². The number of aromatic nitrogens is 10. The molecule has 8 heterocycles. The van der Waals surface area contributed by atoms with Gasteiger partial charge in [-0.25, -0.2) is 34.1 Å². The third-order valence-electron chi connectivity index (χ3n) is 14.8. The van der Waals surface area contributed by atoms with Crippen LogP contribution in [0.2, 0.25) is 0 Å². The number of amides is 3. The number of nitrogens with one attached hydrogen (secondary N) is 5. The fraction of sp³-hybridized carbons (Fsp3) is 0.250. The van der Waals surface area contributed by atoms with Crippen LogP contribution >= 0.6 is 0 Å². The van der Waals surface area contributed by atoms with E-state index in [1.807, 2.05) is 81.5 Å². The third-order valence-corrected chi connectivity index (χ3v) is 14.8. The number of nitrogen functional groups attached to an aromatic ring is 1. The van der Waals surface area contributed by atoms with Crippen molar-refractivity contribution in [2.24, 2.45) is 0 Å². The van der Waals surface area contributed by atoms with Gasteiger partial charge in [0.15, 0.2) is 28.9 Å². The Labute approximate surface area is 520 Å². The molecule has 27 heteroatoms. The molecule has 10 aromatic rings. The van der Waals surface area contributed by atoms with Gasteiger partial charge in [0.05, 0.1) is 32.9 Å². The summed E-state index contributed by atoms with van der Waals surface area (Å²) in [5.74, 6) is 3.89. The van der Waals surface area contributed by atoms with Crippen molar-refractivity contribution in [3.05, 3.63) is 189 Å². The minimum atomic E-state index is -0.999. The first-order valence-corrected chi connectivity index (χ1v) is 29.2. The number of aromatic amines is 2. The zero-order chi connectivity index (χ0) is 64.0. The van der Waals surface area contributed by atoms with Crippen molar-refractivity contribution < 1.29 is 43.2 Å². The Bertz CT molecular complexity index is 4310. The molecule has 3 amide bonds. The van der Waals surface area contributed by atoms with Gasteiger partial charge in [0.25, 0.3) is 17.0 Å². The van der Waals surface area contributed by atoms with Crippen LogP contribution in [0.3, 0.4) is 0 Å². The Morgan fingerprint density at radius 2 is 0.989 bits per heavy atom. The fourth-order valence-corrected chi connectivity index (χ4v) is 10.2. The predicted molar refractivity (Wildman–Crippen MR) is 339 cm³/mol. The molecule has 2 saturated heterocycles. The van der Waals surface area contributed by atoms with E-state index in [1.54, 1.807) is 75.1 Å². The van der Waals surface area contributed by atoms with Gasteiger partial charge in [-0.1, -0.05) is 38.1 Å². The lowest BCUT2D eigenvalue weighted by Crippen LogP contribution is -2.31. The highest BCUT2D eigenvalue weighted by molar-refractivity contribution is 6.03. The highest BCUT2D eigenvalue weighted by atomic mass is 16.5. The summed E-state index contributed by atoms with van der Waals surface area (Å²) < 4.78 is 26.7. The van der Waals surface area contributed by atoms with Crippen LogP contribution in [-0.2, 0) is 22.7 Å². The predicted octanol–water partition coefficient (Wildman–Crippen LogP) is 7.79. The normalized spacial score (nSPS) is 14.2. The van der Waals surface area contributed by atoms with Crippen LogP contribution in [0, 0.1) is 0 Å². The second-order valence-corrected chi connectivity index (χ2v) is 21.0. The highest BCUT2D eigenvalue weighted by Gasteiger charge is 2.30. The van der Waals surface area contributed by atoms with Crippen LogP contribution in [0.15, 0.2) is 156 Å². The van der Waals surface area contributed by atoms with E-state index < -0.39 is 11.9 Å². The van der Waals surface area contributed by atoms with Gasteiger partial charge in [-0.05, 0) is 96.8 Å². The third kappa shape index (κ3) is 15.7. The van der Waals surface area contributed by atoms with Crippen LogP contribution in [-0.4, -0.2) is 141 Å². The number of H-pyrrole nitrogens is 2. The molecule has 2 fully saturated rings. The number of fused-ring (bicyclic) bond motifs is 2. The summed E-state index contributed by atoms with van der Waals surface area (Å²) in [5.41, 5.74) is 8.35. The second-order valence-electron chi connectivity index (χ2n) is 21.0. The van der Waals surface area contributed by atoms with E-state index in [9.17, 15) is 33.9 Å². The lowest BCUT2D eigenvalue weighted by molar-refractivity contribution is -0.130. The summed E-state index contributed by atoms with van der Waals surface area (Å²) in [5, 5.41) is 30.0. The molecule has 0 bridgehead atoms. The molecule has 0 radical (unpaired) electrons. The van der Waals surface area contributed by atoms with E-state index in [-0.39, 0.29) is 52.5 Å². The molecular weight excluding hydrogens is 1170 g/mol. The summed E-state index contributed by atoms with van der Waals surface area (Å²) in [6.07, 6.45) is 8.56. The van der Waals surface area contributed by atoms with E-state index in [0.29, 0.717) is 114 Å². The zero-order valence-corrected chi connectivity index (χ0v) is 50.2. The number of benzene rings is 4. The monoisotopic (exact) mass is 1230 g/mol. The number of carboxylic acids is 1. The topological polar surface area (TPSA) is 347 Å². The summed E-state index contributed by atoms with van der Waals surface area (Å²) in [7, 11) is 3.26. The number of nitrogens with two attached hydrogens (primary N) is 1. The maximum atomic E-state index is 12.7. The van der Waals surface area contributed by atoms with Crippen molar-refractivity contribution in [1.82, 2.24) is 59.3 Å². The largest absolute Gasteiger partial charge is 0.497 e. The molecule has 0 saturated carbocycles. The summed E-state index contributed by atoms with van der Waals surface area (Å²) in [6, 6.07) is 34.5. The van der Waals surface area contributed by atoms with Gasteiger partial charge in [0, 0.05) is 106 Å². The SMILES string of the molecule is CCC(=O)N1CC[C@@H](Nc2nn(Cc3ccc(OC)cc3)c3nccc(Oc4ccc(C(=O)Nc5nccc(=O)[nH]5)cc4)c23)C1.CCC(=O)N1CC[C@@H](Nc2nn(Cc3ccc(OC)cc3)c3nccc(Oc4ccc(C(=O)O)cc4)c23)C1.Nc1nccc(=O)[nH]1. The number of nitrogens with zero attached hydrogens (tertiary/aromatic N) is 10. The number of hydrogen-bond donors (Lipinski definition) is 7. The Balaban J connectivity index is 0.000000180. The Kier molecular flexibility index (Phi) is 19.8. The molecule has 468 valence electrons. The molecule has 2 aliphatic rings. The number of aromatic carboxylic acids is 1. The van der Waals surface area contributed by atoms with E-state index in [1.165, 1.54) is 36.7 Å². The summed E-state index contributed by atoms with van der Waals surface area (Å²) in [6.45, 7) is 7.27. The molecule has 6 aromatic heterocycles. The molecule has 0 aliphatic carbocycles. The number of rotatable bonds is 19. The molecule has 0 spiro atoms. The lowest BCUT2D eigenvalue weighted by atomic mass is 10.2. The van der Waals surface area contributed by atoms with Gasteiger partial charge in [-0.2, -0.15) is 10.2 Å². The molecule has 8 N–H and O–H groups in total. The van der Waals surface area contributed by atoms with E-state index >= 15 is 0 Å². The summed E-state index contributed by atoms with van der Waals surface area (Å²) >= 11 is 0. The fourth-order valence-electron chi connectivity index (χ4n) is 10.2. The van der Waals surface area contributed by atoms with Crippen molar-refractivity contribution in [2.75, 3.05) is 62.1 Å². The maximum absolute atomic E-state index is 12.7. The van der Waals surface area contributed by atoms with Crippen molar-refractivity contribution >= 4 is 69.3 Å². The quantitative estimate of drug-likeness (QED) is 0.0406. The van der Waals surface area contributed by atoms with Crippen molar-refractivity contribution in [3.8, 4) is 34.5 Å². The maximum Gasteiger partial charge on any atom is 0.335 e. The van der Waals surface area contributed by atoms with Crippen LogP contribution in [0.5, 0.6) is 34.5 Å². The second kappa shape index (κ2) is 28.9. The van der Waals surface area contributed by atoms with Gasteiger partial charge in [0.2, 0.25) is 17.8 Å². The Hall–Kier alpha value is -11.6. The molecule has 2 aliphatic heterocycles. The number of carbonyl (C=O) groups excluding carboxylic acids is 3. The highest BCUT2D eigenvalue weighted by Crippen LogP contribution is 2.37. The standard InChI is InChI=1S/C32H32N8O5.C28H29N5O5.C4H5N3O/c1-3-27(42)39-17-14-22(19-39)35-29-28-25(12-15-33-30(28)40(38-29)18-20-4-8-23(44-2)9-5-20)45-24-10-6-21(7-11-24)31(43)37-32-34-16-13-26(41)36-32;1-3-24(34)32-15-13-20(17-32)30-26-25-23(38-22-10-6-19(7-11-22)28(35)36)12-14-29-27(25)33(31-26)16-18-4-8-21(37-2)9-5-18;5-4-6-2-1-3(8)7-4/h4-13,15-16,22H,3,14,17-19H2,1-2H3,(H,35,38)(H2,34,36,37,41,43);4-12,14,20H,3,13,15-17H2,1-2H3,(H,30,31)(H,35,36);1-2H,(H3,5,6,7,8)/t22-;20-;/m11./s1. The Morgan fingerprint density at radius 3 is 1.40 bits per heavy atom. The molecular formula is C64H66N16O11. The minimum Gasteiger partial charge on any atom is -0.497 e. The number of pyridine rings is 2. The molecule has 27 nitrogen and oxygen atoms in total.